The highest BCUT2D eigenvalue weighted by Gasteiger charge is 2.28. The van der Waals surface area contributed by atoms with Gasteiger partial charge in [0.05, 0.1) is 11.5 Å². The third-order valence-electron chi connectivity index (χ3n) is 7.27. The lowest BCUT2D eigenvalue weighted by Gasteiger charge is -2.33. The Labute approximate surface area is 191 Å². The predicted octanol–water partition coefficient (Wildman–Crippen LogP) is 8.68. The SMILES string of the molecule is CCC(CCC(COc1ccccc1[N+](=O)[O-])C(C)CC(C)(C)C)CC(C)(CC)CC. The second kappa shape index (κ2) is 12.5. The highest BCUT2D eigenvalue weighted by atomic mass is 16.6. The minimum Gasteiger partial charge on any atom is -0.487 e. The summed E-state index contributed by atoms with van der Waals surface area (Å²) in [5.74, 6) is 2.00. The van der Waals surface area contributed by atoms with Gasteiger partial charge in [-0.05, 0) is 53.9 Å². The Kier molecular flexibility index (Phi) is 11.0. The molecule has 0 aromatic heterocycles. The monoisotopic (exact) mass is 433 g/mol. The summed E-state index contributed by atoms with van der Waals surface area (Å²) in [7, 11) is 0. The quantitative estimate of drug-likeness (QED) is 0.218. The molecule has 3 unspecified atom stereocenters. The van der Waals surface area contributed by atoms with Gasteiger partial charge in [-0.3, -0.25) is 10.1 Å². The number of hydrogen-bond donors (Lipinski definition) is 0. The lowest BCUT2D eigenvalue weighted by molar-refractivity contribution is -0.385. The van der Waals surface area contributed by atoms with E-state index in [0.717, 1.165) is 18.8 Å². The van der Waals surface area contributed by atoms with Crippen molar-refractivity contribution >= 4 is 5.69 Å². The molecule has 0 bridgehead atoms. The summed E-state index contributed by atoms with van der Waals surface area (Å²) >= 11 is 0. The highest BCUT2D eigenvalue weighted by molar-refractivity contribution is 5.45. The molecule has 3 atom stereocenters. The molecule has 0 saturated carbocycles. The number of nitrogens with zero attached hydrogens (tertiary/aromatic N) is 1. The van der Waals surface area contributed by atoms with Crippen molar-refractivity contribution in [2.75, 3.05) is 6.61 Å². The Hall–Kier alpha value is -1.58. The molecule has 0 aliphatic carbocycles. The number of hydrogen-bond acceptors (Lipinski definition) is 3. The van der Waals surface area contributed by atoms with Crippen LogP contribution in [0.4, 0.5) is 5.69 Å². The Balaban J connectivity index is 2.90. The molecule has 1 aromatic carbocycles. The van der Waals surface area contributed by atoms with Crippen molar-refractivity contribution in [1.29, 1.82) is 0 Å². The van der Waals surface area contributed by atoms with Gasteiger partial charge >= 0.3 is 5.69 Å². The van der Waals surface area contributed by atoms with Crippen LogP contribution in [0.2, 0.25) is 0 Å². The first-order valence-electron chi connectivity index (χ1n) is 12.3. The highest BCUT2D eigenvalue weighted by Crippen LogP contribution is 2.38. The summed E-state index contributed by atoms with van der Waals surface area (Å²) in [6.07, 6.45) is 8.37. The molecule has 178 valence electrons. The fourth-order valence-corrected chi connectivity index (χ4v) is 4.73. The van der Waals surface area contributed by atoms with E-state index >= 15 is 0 Å². The van der Waals surface area contributed by atoms with E-state index in [2.05, 4.69) is 55.4 Å². The van der Waals surface area contributed by atoms with Crippen LogP contribution < -0.4 is 4.74 Å². The van der Waals surface area contributed by atoms with Gasteiger partial charge < -0.3 is 4.74 Å². The predicted molar refractivity (Wildman–Crippen MR) is 132 cm³/mol. The van der Waals surface area contributed by atoms with E-state index in [4.69, 9.17) is 4.74 Å². The van der Waals surface area contributed by atoms with Gasteiger partial charge in [-0.15, -0.1) is 0 Å². The molecule has 4 nitrogen and oxygen atoms in total. The summed E-state index contributed by atoms with van der Waals surface area (Å²) in [6.45, 7) is 19.1. The van der Waals surface area contributed by atoms with Gasteiger partial charge in [-0.25, -0.2) is 0 Å². The topological polar surface area (TPSA) is 52.4 Å². The number of nitro groups is 1. The van der Waals surface area contributed by atoms with Crippen LogP contribution in [0.3, 0.4) is 0 Å². The summed E-state index contributed by atoms with van der Waals surface area (Å²) in [4.78, 5) is 11.0. The average molecular weight is 434 g/mol. The third kappa shape index (κ3) is 9.62. The second-order valence-electron chi connectivity index (χ2n) is 11.1. The minimum absolute atomic E-state index is 0.0535. The Morgan fingerprint density at radius 2 is 1.61 bits per heavy atom. The van der Waals surface area contributed by atoms with Gasteiger partial charge in [0, 0.05) is 6.07 Å². The van der Waals surface area contributed by atoms with Crippen molar-refractivity contribution in [2.24, 2.45) is 28.6 Å². The zero-order chi connectivity index (χ0) is 23.7. The zero-order valence-electron chi connectivity index (χ0n) is 21.4. The molecule has 0 amide bonds. The second-order valence-corrected chi connectivity index (χ2v) is 11.1. The van der Waals surface area contributed by atoms with Crippen molar-refractivity contribution in [3.05, 3.63) is 34.4 Å². The van der Waals surface area contributed by atoms with E-state index in [1.165, 1.54) is 38.2 Å². The Morgan fingerprint density at radius 3 is 2.13 bits per heavy atom. The molecule has 0 aliphatic heterocycles. The molecule has 0 N–H and O–H groups in total. The molecule has 0 saturated heterocycles. The van der Waals surface area contributed by atoms with E-state index < -0.39 is 0 Å². The van der Waals surface area contributed by atoms with Gasteiger partial charge in [0.15, 0.2) is 5.75 Å². The number of benzene rings is 1. The summed E-state index contributed by atoms with van der Waals surface area (Å²) in [5.41, 5.74) is 0.732. The van der Waals surface area contributed by atoms with Crippen molar-refractivity contribution < 1.29 is 9.66 Å². The molecule has 0 spiro atoms. The summed E-state index contributed by atoms with van der Waals surface area (Å²) < 4.78 is 6.06. The first kappa shape index (κ1) is 27.5. The molecule has 0 aliphatic rings. The zero-order valence-corrected chi connectivity index (χ0v) is 21.4. The molecule has 0 radical (unpaired) electrons. The first-order chi connectivity index (χ1) is 14.4. The van der Waals surface area contributed by atoms with E-state index in [1.807, 2.05) is 0 Å². The standard InChI is InChI=1S/C27H47NO3/c1-9-22(19-27(8,10-2)11-3)16-17-23(21(4)18-26(5,6)7)20-31-25-15-13-12-14-24(25)28(29)30/h12-15,21-23H,9-11,16-20H2,1-8H3. The maximum Gasteiger partial charge on any atom is 0.310 e. The normalized spacial score (nSPS) is 15.4. The van der Waals surface area contributed by atoms with E-state index in [1.54, 1.807) is 18.2 Å². The number of ether oxygens (including phenoxy) is 1. The van der Waals surface area contributed by atoms with Crippen molar-refractivity contribution in [3.8, 4) is 5.75 Å². The molecule has 1 rings (SSSR count). The van der Waals surface area contributed by atoms with Gasteiger partial charge in [-0.1, -0.05) is 93.2 Å². The molecule has 0 heterocycles. The Morgan fingerprint density at radius 1 is 1.00 bits per heavy atom. The number of nitro benzene ring substituents is 1. The maximum absolute atomic E-state index is 11.4. The molecule has 4 heteroatoms. The maximum atomic E-state index is 11.4. The van der Waals surface area contributed by atoms with Crippen LogP contribution in [0.5, 0.6) is 5.75 Å². The summed E-state index contributed by atoms with van der Waals surface area (Å²) in [5, 5.41) is 11.4. The van der Waals surface area contributed by atoms with Crippen LogP contribution in [0.15, 0.2) is 24.3 Å². The first-order valence-corrected chi connectivity index (χ1v) is 12.3. The molecule has 1 aromatic rings. The van der Waals surface area contributed by atoms with Gasteiger partial charge in [0.1, 0.15) is 0 Å². The van der Waals surface area contributed by atoms with Crippen LogP contribution in [0.1, 0.15) is 100 Å². The van der Waals surface area contributed by atoms with Crippen molar-refractivity contribution in [3.63, 3.8) is 0 Å². The van der Waals surface area contributed by atoms with Crippen molar-refractivity contribution in [1.82, 2.24) is 0 Å². The molecular weight excluding hydrogens is 386 g/mol. The van der Waals surface area contributed by atoms with Crippen LogP contribution >= 0.6 is 0 Å². The van der Waals surface area contributed by atoms with Crippen molar-refractivity contribution in [2.45, 2.75) is 100 Å². The lowest BCUT2D eigenvalue weighted by Crippen LogP contribution is -2.26. The number of para-hydroxylation sites is 2. The minimum atomic E-state index is -0.355. The summed E-state index contributed by atoms with van der Waals surface area (Å²) in [6, 6.07) is 6.73. The van der Waals surface area contributed by atoms with E-state index in [-0.39, 0.29) is 16.0 Å². The van der Waals surface area contributed by atoms with Crippen LogP contribution in [-0.2, 0) is 0 Å². The van der Waals surface area contributed by atoms with E-state index in [0.29, 0.717) is 29.6 Å². The van der Waals surface area contributed by atoms with Gasteiger partial charge in [0.2, 0.25) is 0 Å². The largest absolute Gasteiger partial charge is 0.487 e. The van der Waals surface area contributed by atoms with Gasteiger partial charge in [-0.2, -0.15) is 0 Å². The van der Waals surface area contributed by atoms with Gasteiger partial charge in [0.25, 0.3) is 0 Å². The smallest absolute Gasteiger partial charge is 0.310 e. The molecule has 0 fully saturated rings. The fraction of sp³-hybridized carbons (Fsp3) is 0.778. The number of rotatable bonds is 14. The van der Waals surface area contributed by atoms with E-state index in [9.17, 15) is 10.1 Å². The fourth-order valence-electron chi connectivity index (χ4n) is 4.73. The Bertz CT molecular complexity index is 661. The molecular formula is C27H47NO3. The van der Waals surface area contributed by atoms with Crippen LogP contribution in [0.25, 0.3) is 0 Å². The average Bonchev–Trinajstić information content (AvgIpc) is 2.71. The lowest BCUT2D eigenvalue weighted by atomic mass is 9.73. The third-order valence-corrected chi connectivity index (χ3v) is 7.27. The van der Waals surface area contributed by atoms with Crippen LogP contribution in [0, 0.1) is 38.7 Å². The van der Waals surface area contributed by atoms with Crippen LogP contribution in [-0.4, -0.2) is 11.5 Å². The molecule has 31 heavy (non-hydrogen) atoms.